The van der Waals surface area contributed by atoms with Crippen LogP contribution in [0.25, 0.3) is 0 Å². The molecule has 0 aromatic heterocycles. The van der Waals surface area contributed by atoms with Gasteiger partial charge in [0.05, 0.1) is 6.54 Å². The minimum Gasteiger partial charge on any atom is -0.519 e. The van der Waals surface area contributed by atoms with Crippen LogP contribution in [0.5, 0.6) is 0 Å². The molecule has 0 aromatic rings. The third-order valence-electron chi connectivity index (χ3n) is 2.07. The summed E-state index contributed by atoms with van der Waals surface area (Å²) < 4.78 is 7.71. The van der Waals surface area contributed by atoms with E-state index in [0.717, 1.165) is 6.54 Å². The predicted octanol–water partition coefficient (Wildman–Crippen LogP) is 2.52. The molecule has 0 aromatic carbocycles. The number of hydrogen-bond donors (Lipinski definition) is 0. The Morgan fingerprint density at radius 2 is 1.60 bits per heavy atom. The minimum absolute atomic E-state index is 0.0570. The van der Waals surface area contributed by atoms with Crippen molar-refractivity contribution in [3.63, 3.8) is 0 Å². The number of hydrogen-bond acceptors (Lipinski definition) is 3. The molecule has 0 unspecified atom stereocenters. The average Bonchev–Trinajstić information content (AvgIpc) is 1.94. The first-order chi connectivity index (χ1) is 6.56. The highest BCUT2D eigenvalue weighted by Gasteiger charge is 2.27. The van der Waals surface area contributed by atoms with E-state index in [0.29, 0.717) is 6.54 Å². The topological polar surface area (TPSA) is 29.5 Å². The molecule has 0 amide bonds. The van der Waals surface area contributed by atoms with Crippen molar-refractivity contribution in [1.82, 2.24) is 4.57 Å². The van der Waals surface area contributed by atoms with Crippen LogP contribution < -0.4 is 0 Å². The van der Waals surface area contributed by atoms with E-state index in [1.54, 1.807) is 0 Å². The van der Waals surface area contributed by atoms with Crippen LogP contribution in [0.1, 0.15) is 6.92 Å². The third kappa shape index (κ3) is 6.86. The Balaban J connectivity index is 4.27. The van der Waals surface area contributed by atoms with E-state index in [4.69, 9.17) is 4.43 Å². The third-order valence-corrected chi connectivity index (χ3v) is 5.28. The van der Waals surface area contributed by atoms with Gasteiger partial charge in [0, 0.05) is 0 Å². The summed E-state index contributed by atoms with van der Waals surface area (Å²) in [6.07, 6.45) is 0. The molecule has 0 aliphatic heterocycles. The smallest absolute Gasteiger partial charge is 0.306 e. The molecule has 15 heavy (non-hydrogen) atoms. The lowest BCUT2D eigenvalue weighted by Crippen LogP contribution is -2.49. The summed E-state index contributed by atoms with van der Waals surface area (Å²) in [7, 11) is -3.10. The Labute approximate surface area is 96.0 Å². The number of likely N-dealkylation sites (N-methyl/N-ethyl adjacent to an activating group) is 1. The maximum atomic E-state index is 11.7. The van der Waals surface area contributed by atoms with Crippen LogP contribution in [0, 0.1) is 0 Å². The van der Waals surface area contributed by atoms with Crippen molar-refractivity contribution in [2.24, 2.45) is 0 Å². The van der Waals surface area contributed by atoms with Gasteiger partial charge in [-0.05, 0) is 26.2 Å². The fourth-order valence-corrected chi connectivity index (χ4v) is 3.65. The van der Waals surface area contributed by atoms with Gasteiger partial charge in [-0.15, -0.1) is 0 Å². The van der Waals surface area contributed by atoms with E-state index in [1.165, 1.54) is 0 Å². The number of carbonyl (C=O) groups excluding carboxylic acids is 1. The number of carbonyl (C=O) groups is 1. The summed E-state index contributed by atoms with van der Waals surface area (Å²) in [6.45, 7) is 16.3. The molecule has 0 rings (SSSR count). The Morgan fingerprint density at radius 1 is 1.13 bits per heavy atom. The molecule has 0 aliphatic rings. The zero-order valence-corrected chi connectivity index (χ0v) is 13.2. The van der Waals surface area contributed by atoms with Gasteiger partial charge in [-0.3, -0.25) is 4.79 Å². The van der Waals surface area contributed by atoms with Crippen molar-refractivity contribution in [2.75, 3.05) is 13.1 Å². The summed E-state index contributed by atoms with van der Waals surface area (Å²) >= 11 is 0. The fraction of sp³-hybridized carbons (Fsp3) is 0.900. The molecule has 0 spiro atoms. The van der Waals surface area contributed by atoms with Gasteiger partial charge in [0.2, 0.25) is 8.32 Å². The van der Waals surface area contributed by atoms with E-state index in [-0.39, 0.29) is 5.97 Å². The summed E-state index contributed by atoms with van der Waals surface area (Å²) in [5, 5.41) is 0. The van der Waals surface area contributed by atoms with Gasteiger partial charge in [0.25, 0.3) is 0 Å². The van der Waals surface area contributed by atoms with E-state index in [2.05, 4.69) is 31.1 Å². The van der Waals surface area contributed by atoms with Crippen molar-refractivity contribution in [2.45, 2.75) is 46.2 Å². The van der Waals surface area contributed by atoms with Crippen molar-refractivity contribution in [1.29, 1.82) is 0 Å². The summed E-state index contributed by atoms with van der Waals surface area (Å²) in [5.74, 6) is -0.0570. The highest BCUT2D eigenvalue weighted by molar-refractivity contribution is 6.73. The Hall–Kier alpha value is -0.136. The van der Waals surface area contributed by atoms with Crippen molar-refractivity contribution >= 4 is 22.5 Å². The Bertz CT molecular complexity index is 218. The van der Waals surface area contributed by atoms with Gasteiger partial charge >= 0.3 is 5.97 Å². The highest BCUT2D eigenvalue weighted by atomic mass is 28.4. The molecule has 0 radical (unpaired) electrons. The molecule has 0 bridgehead atoms. The summed E-state index contributed by atoms with van der Waals surface area (Å²) in [4.78, 5) is 11.7. The lowest BCUT2D eigenvalue weighted by Gasteiger charge is -2.32. The van der Waals surface area contributed by atoms with Crippen LogP contribution in [0.15, 0.2) is 0 Å². The zero-order valence-electron chi connectivity index (χ0n) is 11.2. The van der Waals surface area contributed by atoms with E-state index in [1.807, 2.05) is 19.6 Å². The lowest BCUT2D eigenvalue weighted by atomic mass is 10.6. The second kappa shape index (κ2) is 5.27. The van der Waals surface area contributed by atoms with Crippen LogP contribution in [0.4, 0.5) is 0 Å². The molecule has 0 N–H and O–H groups in total. The fourth-order valence-electron chi connectivity index (χ4n) is 1.35. The first kappa shape index (κ1) is 14.9. The number of rotatable bonds is 5. The SMILES string of the molecule is CCN(CC(=O)O[Si](C)(C)C)[Si](C)(C)C. The van der Waals surface area contributed by atoms with Crippen LogP contribution in [-0.4, -0.2) is 40.2 Å². The van der Waals surface area contributed by atoms with Gasteiger partial charge in [0.15, 0.2) is 0 Å². The monoisotopic (exact) mass is 247 g/mol. The predicted molar refractivity (Wildman–Crippen MR) is 70.0 cm³/mol. The molecule has 0 saturated heterocycles. The van der Waals surface area contributed by atoms with Crippen LogP contribution >= 0.6 is 0 Å². The Morgan fingerprint density at radius 3 is 1.87 bits per heavy atom. The van der Waals surface area contributed by atoms with Gasteiger partial charge in [0.1, 0.15) is 8.24 Å². The van der Waals surface area contributed by atoms with Gasteiger partial charge in [-0.25, -0.2) is 0 Å². The molecular formula is C10H25NO2Si2. The quantitative estimate of drug-likeness (QED) is 0.699. The average molecular weight is 247 g/mol. The first-order valence-electron chi connectivity index (χ1n) is 5.53. The van der Waals surface area contributed by atoms with Crippen molar-refractivity contribution in [3.05, 3.63) is 0 Å². The largest absolute Gasteiger partial charge is 0.519 e. The van der Waals surface area contributed by atoms with Crippen LogP contribution in [0.3, 0.4) is 0 Å². The molecular weight excluding hydrogens is 222 g/mol. The van der Waals surface area contributed by atoms with E-state index < -0.39 is 16.6 Å². The Kier molecular flexibility index (Phi) is 5.22. The maximum Gasteiger partial charge on any atom is 0.306 e. The molecule has 0 atom stereocenters. The van der Waals surface area contributed by atoms with Crippen LogP contribution in [0.2, 0.25) is 39.3 Å². The van der Waals surface area contributed by atoms with E-state index in [9.17, 15) is 4.79 Å². The van der Waals surface area contributed by atoms with Crippen LogP contribution in [-0.2, 0) is 9.22 Å². The molecule has 3 nitrogen and oxygen atoms in total. The lowest BCUT2D eigenvalue weighted by molar-refractivity contribution is -0.135. The molecule has 5 heteroatoms. The second-order valence-electron chi connectivity index (χ2n) is 5.77. The minimum atomic E-state index is -1.72. The van der Waals surface area contributed by atoms with Crippen molar-refractivity contribution < 1.29 is 9.22 Å². The van der Waals surface area contributed by atoms with Gasteiger partial charge in [-0.2, -0.15) is 0 Å². The van der Waals surface area contributed by atoms with E-state index >= 15 is 0 Å². The molecule has 0 saturated carbocycles. The molecule has 0 fully saturated rings. The summed E-state index contributed by atoms with van der Waals surface area (Å²) in [5.41, 5.74) is 0. The number of nitrogens with zero attached hydrogens (tertiary/aromatic N) is 1. The van der Waals surface area contributed by atoms with Gasteiger partial charge < -0.3 is 8.99 Å². The van der Waals surface area contributed by atoms with Gasteiger partial charge in [-0.1, -0.05) is 26.6 Å². The standard InChI is InChI=1S/C10H25NO2Si2/c1-8-11(14(2,3)4)9-10(12)13-15(5,6)7/h8-9H2,1-7H3. The molecule has 90 valence electrons. The normalized spacial score (nSPS) is 13.1. The molecule has 0 heterocycles. The second-order valence-corrected chi connectivity index (χ2v) is 15.2. The molecule has 0 aliphatic carbocycles. The first-order valence-corrected chi connectivity index (χ1v) is 12.4. The van der Waals surface area contributed by atoms with Crippen molar-refractivity contribution in [3.8, 4) is 0 Å². The highest BCUT2D eigenvalue weighted by Crippen LogP contribution is 2.10. The zero-order chi connectivity index (χ0) is 12.3. The summed E-state index contributed by atoms with van der Waals surface area (Å²) in [6, 6.07) is 0. The maximum absolute atomic E-state index is 11.7.